The summed E-state index contributed by atoms with van der Waals surface area (Å²) in [5, 5.41) is 2.84. The molecule has 1 aliphatic heterocycles. The van der Waals surface area contributed by atoms with Crippen LogP contribution in [0.2, 0.25) is 0 Å². The monoisotopic (exact) mass is 254 g/mol. The van der Waals surface area contributed by atoms with Crippen molar-refractivity contribution in [2.45, 2.75) is 17.4 Å². The summed E-state index contributed by atoms with van der Waals surface area (Å²) in [7, 11) is 2.00. The lowest BCUT2D eigenvalue weighted by molar-refractivity contribution is 0.0934. The van der Waals surface area contributed by atoms with Gasteiger partial charge >= 0.3 is 0 Å². The lowest BCUT2D eigenvalue weighted by atomic mass is 10.1. The lowest BCUT2D eigenvalue weighted by Gasteiger charge is -2.13. The SMILES string of the molecule is CN1CCC(NC(=O)c2cc(S)ccc2F)C1. The number of halogens is 1. The number of amides is 1. The molecule has 1 amide bonds. The van der Waals surface area contributed by atoms with Crippen LogP contribution in [0.25, 0.3) is 0 Å². The Bertz CT molecular complexity index is 439. The van der Waals surface area contributed by atoms with Gasteiger partial charge in [0.2, 0.25) is 0 Å². The number of hydrogen-bond donors (Lipinski definition) is 2. The highest BCUT2D eigenvalue weighted by Crippen LogP contribution is 2.14. The molecular weight excluding hydrogens is 239 g/mol. The van der Waals surface area contributed by atoms with Crippen LogP contribution in [0.4, 0.5) is 4.39 Å². The van der Waals surface area contributed by atoms with Crippen LogP contribution in [-0.4, -0.2) is 37.0 Å². The van der Waals surface area contributed by atoms with E-state index in [1.165, 1.54) is 18.2 Å². The highest BCUT2D eigenvalue weighted by Gasteiger charge is 2.22. The van der Waals surface area contributed by atoms with E-state index in [0.717, 1.165) is 19.5 Å². The van der Waals surface area contributed by atoms with E-state index in [9.17, 15) is 9.18 Å². The smallest absolute Gasteiger partial charge is 0.254 e. The van der Waals surface area contributed by atoms with Gasteiger partial charge in [-0.1, -0.05) is 0 Å². The topological polar surface area (TPSA) is 32.3 Å². The van der Waals surface area contributed by atoms with E-state index in [-0.39, 0.29) is 17.5 Å². The maximum atomic E-state index is 13.5. The average molecular weight is 254 g/mol. The van der Waals surface area contributed by atoms with Gasteiger partial charge in [0.05, 0.1) is 5.56 Å². The van der Waals surface area contributed by atoms with E-state index in [2.05, 4.69) is 22.8 Å². The fourth-order valence-electron chi connectivity index (χ4n) is 2.00. The summed E-state index contributed by atoms with van der Waals surface area (Å²) in [6.07, 6.45) is 0.907. The van der Waals surface area contributed by atoms with Gasteiger partial charge in [-0.15, -0.1) is 12.6 Å². The summed E-state index contributed by atoms with van der Waals surface area (Å²) in [6.45, 7) is 1.77. The number of nitrogens with zero attached hydrogens (tertiary/aromatic N) is 1. The van der Waals surface area contributed by atoms with Crippen molar-refractivity contribution in [1.82, 2.24) is 10.2 Å². The van der Waals surface area contributed by atoms with Crippen LogP contribution in [0.15, 0.2) is 23.1 Å². The molecule has 0 radical (unpaired) electrons. The largest absolute Gasteiger partial charge is 0.348 e. The minimum absolute atomic E-state index is 0.0621. The molecule has 1 aliphatic rings. The average Bonchev–Trinajstić information content (AvgIpc) is 2.67. The Morgan fingerprint density at radius 2 is 2.35 bits per heavy atom. The normalized spacial score (nSPS) is 20.5. The van der Waals surface area contributed by atoms with Gasteiger partial charge in [0.25, 0.3) is 5.91 Å². The number of likely N-dealkylation sites (tertiary alicyclic amines) is 1. The molecule has 1 N–H and O–H groups in total. The minimum Gasteiger partial charge on any atom is -0.348 e. The Kier molecular flexibility index (Phi) is 3.69. The van der Waals surface area contributed by atoms with E-state index in [0.29, 0.717) is 4.90 Å². The molecule has 5 heteroatoms. The zero-order valence-electron chi connectivity index (χ0n) is 9.61. The first-order chi connectivity index (χ1) is 8.06. The van der Waals surface area contributed by atoms with Gasteiger partial charge in [0.15, 0.2) is 0 Å². The number of carbonyl (C=O) groups is 1. The Morgan fingerprint density at radius 3 is 3.00 bits per heavy atom. The number of thiol groups is 1. The zero-order valence-corrected chi connectivity index (χ0v) is 10.5. The van der Waals surface area contributed by atoms with E-state index in [1.807, 2.05) is 7.05 Å². The van der Waals surface area contributed by atoms with Crippen LogP contribution in [0.3, 0.4) is 0 Å². The second kappa shape index (κ2) is 5.06. The Balaban J connectivity index is 2.06. The molecule has 0 spiro atoms. The highest BCUT2D eigenvalue weighted by atomic mass is 32.1. The third kappa shape index (κ3) is 2.98. The fourth-order valence-corrected chi connectivity index (χ4v) is 2.21. The highest BCUT2D eigenvalue weighted by molar-refractivity contribution is 7.80. The molecule has 1 heterocycles. The molecule has 1 unspecified atom stereocenters. The van der Waals surface area contributed by atoms with Gasteiger partial charge in [-0.25, -0.2) is 4.39 Å². The summed E-state index contributed by atoms with van der Waals surface area (Å²) in [6, 6.07) is 4.35. The standard InChI is InChI=1S/C12H15FN2OS/c1-15-5-4-8(7-15)14-12(16)10-6-9(17)2-3-11(10)13/h2-3,6,8,17H,4-5,7H2,1H3,(H,14,16). The third-order valence-electron chi connectivity index (χ3n) is 2.92. The fraction of sp³-hybridized carbons (Fsp3) is 0.417. The van der Waals surface area contributed by atoms with E-state index >= 15 is 0 Å². The molecule has 1 aromatic carbocycles. The van der Waals surface area contributed by atoms with Gasteiger partial charge in [0, 0.05) is 17.5 Å². The second-order valence-corrected chi connectivity index (χ2v) is 4.90. The van der Waals surface area contributed by atoms with Gasteiger partial charge < -0.3 is 10.2 Å². The van der Waals surface area contributed by atoms with Crippen LogP contribution < -0.4 is 5.32 Å². The maximum Gasteiger partial charge on any atom is 0.254 e. The first-order valence-corrected chi connectivity index (χ1v) is 5.99. The number of likely N-dealkylation sites (N-methyl/N-ethyl adjacent to an activating group) is 1. The van der Waals surface area contributed by atoms with E-state index < -0.39 is 5.82 Å². The Morgan fingerprint density at radius 1 is 1.59 bits per heavy atom. The van der Waals surface area contributed by atoms with Crippen molar-refractivity contribution in [2.75, 3.05) is 20.1 Å². The van der Waals surface area contributed by atoms with E-state index in [1.54, 1.807) is 0 Å². The van der Waals surface area contributed by atoms with Crippen LogP contribution >= 0.6 is 12.6 Å². The van der Waals surface area contributed by atoms with Crippen molar-refractivity contribution in [2.24, 2.45) is 0 Å². The van der Waals surface area contributed by atoms with Crippen molar-refractivity contribution in [3.8, 4) is 0 Å². The van der Waals surface area contributed by atoms with Crippen LogP contribution in [0.1, 0.15) is 16.8 Å². The predicted octanol–water partition coefficient (Wildman–Crippen LogP) is 1.55. The molecule has 92 valence electrons. The number of nitrogens with one attached hydrogen (secondary N) is 1. The molecule has 0 bridgehead atoms. The molecule has 3 nitrogen and oxygen atoms in total. The predicted molar refractivity (Wildman–Crippen MR) is 67.0 cm³/mol. The summed E-state index contributed by atoms with van der Waals surface area (Å²) in [5.41, 5.74) is 0.0621. The van der Waals surface area contributed by atoms with Crippen molar-refractivity contribution in [1.29, 1.82) is 0 Å². The third-order valence-corrected chi connectivity index (χ3v) is 3.20. The van der Waals surface area contributed by atoms with Gasteiger partial charge in [0.1, 0.15) is 5.82 Å². The number of rotatable bonds is 2. The molecule has 0 aliphatic carbocycles. The van der Waals surface area contributed by atoms with Crippen LogP contribution in [0, 0.1) is 5.82 Å². The molecule has 0 aromatic heterocycles. The molecule has 0 saturated carbocycles. The van der Waals surface area contributed by atoms with Gasteiger partial charge in [-0.05, 0) is 38.2 Å². The molecule has 1 atom stereocenters. The lowest BCUT2D eigenvalue weighted by Crippen LogP contribution is -2.36. The second-order valence-electron chi connectivity index (χ2n) is 4.39. The molecule has 1 aromatic rings. The summed E-state index contributed by atoms with van der Waals surface area (Å²) in [5.74, 6) is -0.870. The molecule has 17 heavy (non-hydrogen) atoms. The van der Waals surface area contributed by atoms with Gasteiger partial charge in [-0.2, -0.15) is 0 Å². The summed E-state index contributed by atoms with van der Waals surface area (Å²) >= 11 is 4.10. The maximum absolute atomic E-state index is 13.5. The Hall–Kier alpha value is -1.07. The zero-order chi connectivity index (χ0) is 12.4. The van der Waals surface area contributed by atoms with Crippen LogP contribution in [0.5, 0.6) is 0 Å². The molecular formula is C12H15FN2OS. The first kappa shape index (κ1) is 12.4. The number of hydrogen-bond acceptors (Lipinski definition) is 3. The van der Waals surface area contributed by atoms with Crippen molar-refractivity contribution in [3.05, 3.63) is 29.6 Å². The van der Waals surface area contributed by atoms with E-state index in [4.69, 9.17) is 0 Å². The summed E-state index contributed by atoms with van der Waals surface area (Å²) in [4.78, 5) is 14.6. The van der Waals surface area contributed by atoms with Crippen molar-refractivity contribution >= 4 is 18.5 Å². The first-order valence-electron chi connectivity index (χ1n) is 5.54. The summed E-state index contributed by atoms with van der Waals surface area (Å²) < 4.78 is 13.5. The van der Waals surface area contributed by atoms with Crippen molar-refractivity contribution < 1.29 is 9.18 Å². The molecule has 1 saturated heterocycles. The Labute approximate surface area is 105 Å². The quantitative estimate of drug-likeness (QED) is 0.785. The van der Waals surface area contributed by atoms with Gasteiger partial charge in [-0.3, -0.25) is 4.79 Å². The minimum atomic E-state index is -0.508. The molecule has 1 fully saturated rings. The number of carbonyl (C=O) groups excluding carboxylic acids is 1. The van der Waals surface area contributed by atoms with Crippen LogP contribution in [-0.2, 0) is 0 Å². The molecule has 2 rings (SSSR count). The van der Waals surface area contributed by atoms with Crippen molar-refractivity contribution in [3.63, 3.8) is 0 Å². The number of benzene rings is 1.